The minimum Gasteiger partial charge on any atom is -0.336 e. The lowest BCUT2D eigenvalue weighted by molar-refractivity contribution is 0.0776. The summed E-state index contributed by atoms with van der Waals surface area (Å²) in [6, 6.07) is 2.46. The number of hydrogen-bond acceptors (Lipinski definition) is 4. The van der Waals surface area contributed by atoms with Crippen molar-refractivity contribution >= 4 is 29.9 Å². The third kappa shape index (κ3) is 2.98. The molecule has 2 saturated heterocycles. The van der Waals surface area contributed by atoms with E-state index in [-0.39, 0.29) is 5.91 Å². The smallest absolute Gasteiger partial charge is 0.264 e. The van der Waals surface area contributed by atoms with Crippen LogP contribution in [0.15, 0.2) is 16.3 Å². The molecule has 3 rings (SSSR count). The number of nitrogens with zero attached hydrogens (tertiary/aromatic N) is 2. The second-order valence-corrected chi connectivity index (χ2v) is 6.89. The summed E-state index contributed by atoms with van der Waals surface area (Å²) in [5.74, 6) is 0.185. The second-order valence-electron chi connectivity index (χ2n) is 5.46. The van der Waals surface area contributed by atoms with Gasteiger partial charge in [-0.15, -0.1) is 24.0 Å². The summed E-state index contributed by atoms with van der Waals surface area (Å²) in [5.41, 5.74) is 0. The van der Waals surface area contributed by atoms with E-state index in [4.69, 9.17) is 0 Å². The van der Waals surface area contributed by atoms with E-state index in [0.717, 1.165) is 29.3 Å². The summed E-state index contributed by atoms with van der Waals surface area (Å²) in [4.78, 5) is 18.7. The molecule has 2 fully saturated rings. The molecule has 0 aromatic carbocycles. The molecule has 0 radical (unpaired) electrons. The van der Waals surface area contributed by atoms with Gasteiger partial charge in [-0.2, -0.15) is 0 Å². The predicted octanol–water partition coefficient (Wildman–Crippen LogP) is 2.74. The Morgan fingerprint density at radius 1 is 1.26 bits per heavy atom. The average Bonchev–Trinajstić information content (AvgIpc) is 3.08. The van der Waals surface area contributed by atoms with Gasteiger partial charge in [0.2, 0.25) is 0 Å². The van der Waals surface area contributed by atoms with Crippen LogP contribution in [0.25, 0.3) is 0 Å². The normalized spacial score (nSPS) is 24.9. The van der Waals surface area contributed by atoms with Crippen LogP contribution in [0, 0.1) is 0 Å². The van der Waals surface area contributed by atoms with Gasteiger partial charge in [0.1, 0.15) is 0 Å². The number of carbonyl (C=O) groups excluding carboxylic acids is 1. The molecular formula is C14H20N2OS2. The van der Waals surface area contributed by atoms with Crippen LogP contribution in [0.2, 0.25) is 0 Å². The molecule has 1 atom stereocenters. The van der Waals surface area contributed by atoms with Crippen molar-refractivity contribution in [2.75, 3.05) is 26.2 Å². The Bertz CT molecular complexity index is 454. The van der Waals surface area contributed by atoms with Crippen LogP contribution < -0.4 is 0 Å². The predicted molar refractivity (Wildman–Crippen MR) is 81.3 cm³/mol. The first kappa shape index (κ1) is 13.5. The van der Waals surface area contributed by atoms with Gasteiger partial charge in [0, 0.05) is 29.4 Å². The van der Waals surface area contributed by atoms with E-state index in [2.05, 4.69) is 17.5 Å². The number of likely N-dealkylation sites (tertiary alicyclic amines) is 2. The maximum atomic E-state index is 12.4. The van der Waals surface area contributed by atoms with Gasteiger partial charge in [0.15, 0.2) is 0 Å². The van der Waals surface area contributed by atoms with E-state index in [9.17, 15) is 4.79 Å². The van der Waals surface area contributed by atoms with Gasteiger partial charge < -0.3 is 4.90 Å². The van der Waals surface area contributed by atoms with Crippen molar-refractivity contribution in [3.63, 3.8) is 0 Å². The quantitative estimate of drug-likeness (QED) is 0.848. The standard InChI is InChI=1S/C14H20N2OS2/c17-14(13-8-12(18)10-19-13)16-7-4-11(9-16)15-5-2-1-3-6-15/h8,10-11,18H,1-7,9H2. The van der Waals surface area contributed by atoms with Gasteiger partial charge in [-0.3, -0.25) is 9.69 Å². The van der Waals surface area contributed by atoms with Crippen LogP contribution in [0.1, 0.15) is 35.4 Å². The van der Waals surface area contributed by atoms with Crippen molar-refractivity contribution in [1.82, 2.24) is 9.80 Å². The molecule has 0 N–H and O–H groups in total. The first-order chi connectivity index (χ1) is 9.24. The number of thiol groups is 1. The molecule has 2 aliphatic rings. The molecule has 5 heteroatoms. The van der Waals surface area contributed by atoms with Crippen molar-refractivity contribution in [2.45, 2.75) is 36.6 Å². The van der Waals surface area contributed by atoms with Crippen molar-refractivity contribution in [1.29, 1.82) is 0 Å². The van der Waals surface area contributed by atoms with Gasteiger partial charge >= 0.3 is 0 Å². The van der Waals surface area contributed by atoms with Crippen molar-refractivity contribution in [3.8, 4) is 0 Å². The maximum absolute atomic E-state index is 12.4. The van der Waals surface area contributed by atoms with Gasteiger partial charge in [0.05, 0.1) is 4.88 Å². The van der Waals surface area contributed by atoms with Gasteiger partial charge in [-0.25, -0.2) is 0 Å². The van der Waals surface area contributed by atoms with Crippen molar-refractivity contribution < 1.29 is 4.79 Å². The Labute approximate surface area is 124 Å². The molecule has 0 spiro atoms. The number of amides is 1. The minimum atomic E-state index is 0.185. The highest BCUT2D eigenvalue weighted by molar-refractivity contribution is 7.80. The molecule has 2 aliphatic heterocycles. The highest BCUT2D eigenvalue weighted by Crippen LogP contribution is 2.24. The number of rotatable bonds is 2. The summed E-state index contributed by atoms with van der Waals surface area (Å²) < 4.78 is 0. The molecular weight excluding hydrogens is 276 g/mol. The zero-order valence-electron chi connectivity index (χ0n) is 11.0. The number of carbonyl (C=O) groups is 1. The molecule has 0 saturated carbocycles. The van der Waals surface area contributed by atoms with Gasteiger partial charge in [-0.1, -0.05) is 6.42 Å². The molecule has 1 unspecified atom stereocenters. The lowest BCUT2D eigenvalue weighted by Gasteiger charge is -2.32. The Morgan fingerprint density at radius 2 is 2.05 bits per heavy atom. The molecule has 0 bridgehead atoms. The van der Waals surface area contributed by atoms with E-state index in [1.54, 1.807) is 0 Å². The molecule has 1 aromatic heterocycles. The Morgan fingerprint density at radius 3 is 2.74 bits per heavy atom. The molecule has 3 nitrogen and oxygen atoms in total. The third-order valence-electron chi connectivity index (χ3n) is 4.15. The summed E-state index contributed by atoms with van der Waals surface area (Å²) >= 11 is 5.77. The highest BCUT2D eigenvalue weighted by Gasteiger charge is 2.31. The zero-order chi connectivity index (χ0) is 13.2. The summed E-state index contributed by atoms with van der Waals surface area (Å²) in [5, 5.41) is 1.93. The highest BCUT2D eigenvalue weighted by atomic mass is 32.1. The van der Waals surface area contributed by atoms with Crippen LogP contribution in [-0.2, 0) is 0 Å². The fourth-order valence-corrected chi connectivity index (χ4v) is 4.22. The van der Waals surface area contributed by atoms with Crippen molar-refractivity contribution in [3.05, 3.63) is 16.3 Å². The Balaban J connectivity index is 1.60. The van der Waals surface area contributed by atoms with Gasteiger partial charge in [-0.05, 0) is 38.4 Å². The fraction of sp³-hybridized carbons (Fsp3) is 0.643. The first-order valence-corrected chi connectivity index (χ1v) is 8.37. The number of piperidine rings is 1. The summed E-state index contributed by atoms with van der Waals surface area (Å²) in [6.45, 7) is 4.23. The molecule has 0 aliphatic carbocycles. The molecule has 1 amide bonds. The molecule has 19 heavy (non-hydrogen) atoms. The maximum Gasteiger partial charge on any atom is 0.264 e. The average molecular weight is 296 g/mol. The molecule has 104 valence electrons. The second kappa shape index (κ2) is 5.85. The lowest BCUT2D eigenvalue weighted by Crippen LogP contribution is -2.41. The largest absolute Gasteiger partial charge is 0.336 e. The van der Waals surface area contributed by atoms with E-state index < -0.39 is 0 Å². The van der Waals surface area contributed by atoms with E-state index in [1.165, 1.54) is 43.7 Å². The summed E-state index contributed by atoms with van der Waals surface area (Å²) in [6.07, 6.45) is 5.13. The third-order valence-corrected chi connectivity index (χ3v) is 5.51. The number of hydrogen-bond donors (Lipinski definition) is 1. The SMILES string of the molecule is O=C(c1cc(S)cs1)N1CCC(N2CCCCC2)C1. The topological polar surface area (TPSA) is 23.6 Å². The van der Waals surface area contributed by atoms with Crippen LogP contribution >= 0.6 is 24.0 Å². The Kier molecular flexibility index (Phi) is 4.15. The summed E-state index contributed by atoms with van der Waals surface area (Å²) in [7, 11) is 0. The molecule has 1 aromatic rings. The minimum absolute atomic E-state index is 0.185. The van der Waals surface area contributed by atoms with E-state index in [1.807, 2.05) is 16.3 Å². The van der Waals surface area contributed by atoms with Crippen LogP contribution in [0.3, 0.4) is 0 Å². The first-order valence-electron chi connectivity index (χ1n) is 7.05. The zero-order valence-corrected chi connectivity index (χ0v) is 12.8. The lowest BCUT2D eigenvalue weighted by atomic mass is 10.1. The van der Waals surface area contributed by atoms with Crippen LogP contribution in [0.4, 0.5) is 0 Å². The van der Waals surface area contributed by atoms with E-state index in [0.29, 0.717) is 6.04 Å². The van der Waals surface area contributed by atoms with Crippen LogP contribution in [-0.4, -0.2) is 47.9 Å². The Hall–Kier alpha value is -0.520. The van der Waals surface area contributed by atoms with Crippen LogP contribution in [0.5, 0.6) is 0 Å². The fourth-order valence-electron chi connectivity index (χ4n) is 3.10. The molecule has 3 heterocycles. The monoisotopic (exact) mass is 296 g/mol. The van der Waals surface area contributed by atoms with Crippen molar-refractivity contribution in [2.24, 2.45) is 0 Å². The number of thiophene rings is 1. The van der Waals surface area contributed by atoms with E-state index >= 15 is 0 Å². The van der Waals surface area contributed by atoms with Gasteiger partial charge in [0.25, 0.3) is 5.91 Å².